The Morgan fingerprint density at radius 1 is 1.25 bits per heavy atom. The van der Waals surface area contributed by atoms with Crippen LogP contribution in [0.4, 0.5) is 13.2 Å². The number of aromatic amines is 1. The number of hydrogen-bond donors (Lipinski definition) is 2. The number of fused-ring (bicyclic) bond motifs is 1. The first kappa shape index (κ1) is 21.7. The summed E-state index contributed by atoms with van der Waals surface area (Å²) in [7, 11) is 1.37. The number of carboxylic acids is 1. The summed E-state index contributed by atoms with van der Waals surface area (Å²) in [5.74, 6) is -2.97. The minimum atomic E-state index is -5.08. The van der Waals surface area contributed by atoms with E-state index in [1.165, 1.54) is 13.5 Å². The van der Waals surface area contributed by atoms with Crippen LogP contribution in [-0.4, -0.2) is 57.1 Å². The molecule has 1 aliphatic carbocycles. The van der Waals surface area contributed by atoms with Crippen LogP contribution in [0.5, 0.6) is 0 Å². The van der Waals surface area contributed by atoms with Crippen LogP contribution in [0, 0.1) is 5.92 Å². The number of carbonyl (C=O) groups is 3. The highest BCUT2D eigenvalue weighted by Gasteiger charge is 2.39. The lowest BCUT2D eigenvalue weighted by Gasteiger charge is -2.36. The van der Waals surface area contributed by atoms with Crippen molar-refractivity contribution in [1.29, 1.82) is 0 Å². The zero-order valence-corrected chi connectivity index (χ0v) is 15.3. The quantitative estimate of drug-likeness (QED) is 0.729. The van der Waals surface area contributed by atoms with Gasteiger partial charge >= 0.3 is 18.1 Å². The third kappa shape index (κ3) is 5.23. The standard InChI is InChI=1S/C15H21N3O3.C2HF3O2/c1-21-15(20)13-7-11-12(17-9-16-11)8-18(13)14(19)10-5-3-2-4-6-10;3-2(4,5)1(6)7/h9-10,13H,2-8H2,1H3,(H,16,17);(H,6,7). The van der Waals surface area contributed by atoms with Gasteiger partial charge in [0.15, 0.2) is 0 Å². The molecule has 1 aliphatic heterocycles. The van der Waals surface area contributed by atoms with Gasteiger partial charge in [-0.1, -0.05) is 19.3 Å². The van der Waals surface area contributed by atoms with Crippen LogP contribution in [0.2, 0.25) is 0 Å². The summed E-state index contributed by atoms with van der Waals surface area (Å²) in [5, 5.41) is 7.12. The molecule has 0 radical (unpaired) electrons. The summed E-state index contributed by atoms with van der Waals surface area (Å²) in [6.07, 6.45) is 2.23. The Hall–Kier alpha value is -2.59. The average Bonchev–Trinajstić information content (AvgIpc) is 3.13. The van der Waals surface area contributed by atoms with Gasteiger partial charge in [-0.05, 0) is 12.8 Å². The fraction of sp³-hybridized carbons (Fsp3) is 0.647. The molecule has 0 bridgehead atoms. The topological polar surface area (TPSA) is 113 Å². The van der Waals surface area contributed by atoms with Crippen molar-refractivity contribution in [2.24, 2.45) is 5.92 Å². The van der Waals surface area contributed by atoms with Gasteiger partial charge in [0.1, 0.15) is 6.04 Å². The van der Waals surface area contributed by atoms with E-state index >= 15 is 0 Å². The second kappa shape index (κ2) is 9.07. The molecule has 1 unspecified atom stereocenters. The molecular formula is C17H22F3N3O5. The number of esters is 1. The van der Waals surface area contributed by atoms with Gasteiger partial charge in [-0.15, -0.1) is 0 Å². The number of aromatic nitrogens is 2. The van der Waals surface area contributed by atoms with Crippen molar-refractivity contribution in [3.8, 4) is 0 Å². The zero-order chi connectivity index (χ0) is 20.9. The molecule has 0 aromatic carbocycles. The number of carboxylic acid groups (broad SMARTS) is 1. The Morgan fingerprint density at radius 3 is 2.39 bits per heavy atom. The van der Waals surface area contributed by atoms with Gasteiger partial charge in [-0.25, -0.2) is 14.6 Å². The van der Waals surface area contributed by atoms with Crippen LogP contribution < -0.4 is 0 Å². The molecule has 0 saturated heterocycles. The Kier molecular flexibility index (Phi) is 7.03. The zero-order valence-electron chi connectivity index (χ0n) is 15.3. The molecule has 2 N–H and O–H groups in total. The summed E-state index contributed by atoms with van der Waals surface area (Å²) in [6, 6.07) is -0.541. The number of alkyl halides is 3. The van der Waals surface area contributed by atoms with E-state index in [1.54, 1.807) is 11.2 Å². The van der Waals surface area contributed by atoms with Crippen molar-refractivity contribution in [3.63, 3.8) is 0 Å². The van der Waals surface area contributed by atoms with E-state index < -0.39 is 18.2 Å². The summed E-state index contributed by atoms with van der Waals surface area (Å²) in [4.78, 5) is 42.7. The minimum absolute atomic E-state index is 0.0513. The van der Waals surface area contributed by atoms with Crippen molar-refractivity contribution in [2.75, 3.05) is 7.11 Å². The Labute approximate surface area is 159 Å². The molecule has 2 aliphatic rings. The third-order valence-electron chi connectivity index (χ3n) is 4.85. The number of carbonyl (C=O) groups excluding carboxylic acids is 2. The smallest absolute Gasteiger partial charge is 0.475 e. The Bertz CT molecular complexity index is 713. The maximum Gasteiger partial charge on any atom is 0.490 e. The van der Waals surface area contributed by atoms with Gasteiger partial charge in [-0.2, -0.15) is 13.2 Å². The number of rotatable bonds is 2. The van der Waals surface area contributed by atoms with Gasteiger partial charge in [0, 0.05) is 12.3 Å². The van der Waals surface area contributed by atoms with Crippen LogP contribution in [0.1, 0.15) is 43.5 Å². The summed E-state index contributed by atoms with van der Waals surface area (Å²) in [5.41, 5.74) is 1.79. The second-order valence-corrected chi connectivity index (χ2v) is 6.67. The molecule has 156 valence electrons. The van der Waals surface area contributed by atoms with Gasteiger partial charge in [0.25, 0.3) is 0 Å². The number of aliphatic carboxylic acids is 1. The molecule has 1 aromatic heterocycles. The van der Waals surface area contributed by atoms with Gasteiger partial charge in [0.05, 0.1) is 31.4 Å². The van der Waals surface area contributed by atoms with E-state index in [0.29, 0.717) is 13.0 Å². The van der Waals surface area contributed by atoms with Crippen molar-refractivity contribution < 1.29 is 37.4 Å². The highest BCUT2D eigenvalue weighted by atomic mass is 19.4. The molecule has 28 heavy (non-hydrogen) atoms. The Morgan fingerprint density at radius 2 is 1.86 bits per heavy atom. The van der Waals surface area contributed by atoms with Gasteiger partial charge in [-0.3, -0.25) is 4.79 Å². The number of imidazole rings is 1. The predicted molar refractivity (Wildman–Crippen MR) is 88.9 cm³/mol. The number of methoxy groups -OCH3 is 1. The largest absolute Gasteiger partial charge is 0.490 e. The second-order valence-electron chi connectivity index (χ2n) is 6.67. The van der Waals surface area contributed by atoms with Crippen LogP contribution >= 0.6 is 0 Å². The maximum atomic E-state index is 12.8. The maximum absolute atomic E-state index is 12.8. The molecule has 1 fully saturated rings. The van der Waals surface area contributed by atoms with Gasteiger partial charge in [0.2, 0.25) is 5.91 Å². The number of H-pyrrole nitrogens is 1. The van der Waals surface area contributed by atoms with Crippen molar-refractivity contribution in [2.45, 2.75) is 57.3 Å². The molecule has 1 aromatic rings. The molecule has 3 rings (SSSR count). The van der Waals surface area contributed by atoms with E-state index in [-0.39, 0.29) is 17.8 Å². The number of nitrogens with zero attached hydrogens (tertiary/aromatic N) is 2. The highest BCUT2D eigenvalue weighted by molar-refractivity contribution is 5.86. The van der Waals surface area contributed by atoms with Crippen LogP contribution in [0.15, 0.2) is 6.33 Å². The molecule has 1 saturated carbocycles. The molecular weight excluding hydrogens is 383 g/mol. The normalized spacial score (nSPS) is 19.9. The molecule has 1 amide bonds. The fourth-order valence-electron chi connectivity index (χ4n) is 3.40. The third-order valence-corrected chi connectivity index (χ3v) is 4.85. The summed E-state index contributed by atoms with van der Waals surface area (Å²) < 4.78 is 36.6. The van der Waals surface area contributed by atoms with E-state index in [9.17, 15) is 22.8 Å². The van der Waals surface area contributed by atoms with Crippen LogP contribution in [0.25, 0.3) is 0 Å². The van der Waals surface area contributed by atoms with Crippen molar-refractivity contribution in [3.05, 3.63) is 17.7 Å². The molecule has 11 heteroatoms. The van der Waals surface area contributed by atoms with E-state index in [1.807, 2.05) is 0 Å². The summed E-state index contributed by atoms with van der Waals surface area (Å²) in [6.45, 7) is 0.421. The predicted octanol–water partition coefficient (Wildman–Crippen LogP) is 2.05. The molecule has 1 atom stereocenters. The molecule has 0 spiro atoms. The lowest BCUT2D eigenvalue weighted by molar-refractivity contribution is -0.192. The highest BCUT2D eigenvalue weighted by Crippen LogP contribution is 2.29. The number of halogens is 3. The Balaban J connectivity index is 0.000000345. The van der Waals surface area contributed by atoms with Crippen LogP contribution in [0.3, 0.4) is 0 Å². The number of nitrogens with one attached hydrogen (secondary N) is 1. The van der Waals surface area contributed by atoms with Crippen molar-refractivity contribution in [1.82, 2.24) is 14.9 Å². The minimum Gasteiger partial charge on any atom is -0.475 e. The first-order valence-electron chi connectivity index (χ1n) is 8.84. The lowest BCUT2D eigenvalue weighted by atomic mass is 9.87. The monoisotopic (exact) mass is 405 g/mol. The summed E-state index contributed by atoms with van der Waals surface area (Å²) >= 11 is 0. The number of ether oxygens (including phenoxy) is 1. The van der Waals surface area contributed by atoms with E-state index in [0.717, 1.165) is 37.1 Å². The van der Waals surface area contributed by atoms with Gasteiger partial charge < -0.3 is 19.7 Å². The SMILES string of the molecule is COC(=O)C1Cc2nc[nH]c2CN1C(=O)C1CCCCC1.O=C(O)C(F)(F)F. The fourth-order valence-corrected chi connectivity index (χ4v) is 3.40. The molecule has 2 heterocycles. The van der Waals surface area contributed by atoms with Crippen LogP contribution in [-0.2, 0) is 32.1 Å². The average molecular weight is 405 g/mol. The lowest BCUT2D eigenvalue weighted by Crippen LogP contribution is -2.51. The first-order valence-corrected chi connectivity index (χ1v) is 8.84. The van der Waals surface area contributed by atoms with E-state index in [4.69, 9.17) is 14.6 Å². The van der Waals surface area contributed by atoms with E-state index in [2.05, 4.69) is 9.97 Å². The molecule has 8 nitrogen and oxygen atoms in total. The number of hydrogen-bond acceptors (Lipinski definition) is 5. The first-order chi connectivity index (χ1) is 13.1. The van der Waals surface area contributed by atoms with Crippen molar-refractivity contribution >= 4 is 17.8 Å². The number of amides is 1.